The Balaban J connectivity index is 3.42. The fourth-order valence-electron chi connectivity index (χ4n) is 0.896. The maximum Gasteiger partial charge on any atom is 0.0937 e. The van der Waals surface area contributed by atoms with Crippen LogP contribution in [0.1, 0.15) is 46.5 Å². The number of nitrogens with zero attached hydrogens (tertiary/aromatic N) is 1. The molecule has 12 heavy (non-hydrogen) atoms. The van der Waals surface area contributed by atoms with E-state index in [1.165, 1.54) is 6.42 Å². The van der Waals surface area contributed by atoms with Gasteiger partial charge in [-0.2, -0.15) is 0 Å². The summed E-state index contributed by atoms with van der Waals surface area (Å²) >= 11 is 0. The normalized spacial score (nSPS) is 12.5. The van der Waals surface area contributed by atoms with Crippen molar-refractivity contribution in [2.75, 3.05) is 6.54 Å². The second kappa shape index (κ2) is 7.14. The molecule has 0 aliphatic heterocycles. The SMILES string of the molecule is CCCCN=C(N)CCC(C)C. The van der Waals surface area contributed by atoms with Gasteiger partial charge in [0.05, 0.1) is 5.84 Å². The van der Waals surface area contributed by atoms with E-state index in [0.29, 0.717) is 0 Å². The molecule has 0 bridgehead atoms. The molecule has 0 atom stereocenters. The first-order chi connectivity index (χ1) is 5.66. The molecule has 2 N–H and O–H groups in total. The summed E-state index contributed by atoms with van der Waals surface area (Å²) < 4.78 is 0. The highest BCUT2D eigenvalue weighted by atomic mass is 14.8. The monoisotopic (exact) mass is 170 g/mol. The zero-order chi connectivity index (χ0) is 9.40. The van der Waals surface area contributed by atoms with Crippen molar-refractivity contribution in [2.45, 2.75) is 46.5 Å². The molecule has 0 aromatic carbocycles. The van der Waals surface area contributed by atoms with E-state index in [1.807, 2.05) is 0 Å². The van der Waals surface area contributed by atoms with E-state index in [1.54, 1.807) is 0 Å². The van der Waals surface area contributed by atoms with E-state index in [4.69, 9.17) is 5.73 Å². The number of hydrogen-bond acceptors (Lipinski definition) is 1. The number of unbranched alkanes of at least 4 members (excludes halogenated alkanes) is 1. The highest BCUT2D eigenvalue weighted by Crippen LogP contribution is 2.02. The lowest BCUT2D eigenvalue weighted by molar-refractivity contribution is 0.601. The maximum absolute atomic E-state index is 5.71. The standard InChI is InChI=1S/C10H22N2/c1-4-5-8-12-10(11)7-6-9(2)3/h9H,4-8H2,1-3H3,(H2,11,12). The van der Waals surface area contributed by atoms with Gasteiger partial charge < -0.3 is 5.73 Å². The van der Waals surface area contributed by atoms with Gasteiger partial charge >= 0.3 is 0 Å². The zero-order valence-corrected chi connectivity index (χ0v) is 8.64. The highest BCUT2D eigenvalue weighted by molar-refractivity contribution is 5.80. The van der Waals surface area contributed by atoms with Gasteiger partial charge in [-0.05, 0) is 18.8 Å². The van der Waals surface area contributed by atoms with Crippen LogP contribution in [0.15, 0.2) is 4.99 Å². The van der Waals surface area contributed by atoms with Crippen LogP contribution in [-0.2, 0) is 0 Å². The zero-order valence-electron chi connectivity index (χ0n) is 8.64. The van der Waals surface area contributed by atoms with Crippen molar-refractivity contribution in [2.24, 2.45) is 16.6 Å². The van der Waals surface area contributed by atoms with Crippen LogP contribution in [0.2, 0.25) is 0 Å². The third kappa shape index (κ3) is 7.58. The lowest BCUT2D eigenvalue weighted by atomic mass is 10.1. The molecule has 0 rings (SSSR count). The second-order valence-corrected chi connectivity index (χ2v) is 3.66. The van der Waals surface area contributed by atoms with Crippen LogP contribution in [0.3, 0.4) is 0 Å². The summed E-state index contributed by atoms with van der Waals surface area (Å²) in [5.41, 5.74) is 5.71. The van der Waals surface area contributed by atoms with Gasteiger partial charge in [0, 0.05) is 13.0 Å². The van der Waals surface area contributed by atoms with Gasteiger partial charge in [-0.15, -0.1) is 0 Å². The van der Waals surface area contributed by atoms with Crippen LogP contribution in [0.4, 0.5) is 0 Å². The molecule has 0 spiro atoms. The smallest absolute Gasteiger partial charge is 0.0937 e. The summed E-state index contributed by atoms with van der Waals surface area (Å²) in [7, 11) is 0. The molecule has 0 aromatic heterocycles. The lowest BCUT2D eigenvalue weighted by Gasteiger charge is -2.03. The van der Waals surface area contributed by atoms with E-state index < -0.39 is 0 Å². The van der Waals surface area contributed by atoms with Crippen molar-refractivity contribution in [3.63, 3.8) is 0 Å². The molecule has 72 valence electrons. The summed E-state index contributed by atoms with van der Waals surface area (Å²) in [5.74, 6) is 1.56. The Kier molecular flexibility index (Phi) is 6.82. The molecular formula is C10H22N2. The minimum Gasteiger partial charge on any atom is -0.387 e. The fraction of sp³-hybridized carbons (Fsp3) is 0.900. The molecule has 0 aromatic rings. The second-order valence-electron chi connectivity index (χ2n) is 3.66. The number of hydrogen-bond donors (Lipinski definition) is 1. The van der Waals surface area contributed by atoms with Crippen molar-refractivity contribution in [3.8, 4) is 0 Å². The number of rotatable bonds is 6. The fourth-order valence-corrected chi connectivity index (χ4v) is 0.896. The van der Waals surface area contributed by atoms with Gasteiger partial charge in [0.15, 0.2) is 0 Å². The van der Waals surface area contributed by atoms with Gasteiger partial charge in [-0.3, -0.25) is 4.99 Å². The van der Waals surface area contributed by atoms with Gasteiger partial charge in [0.25, 0.3) is 0 Å². The van der Waals surface area contributed by atoms with Crippen LogP contribution in [0, 0.1) is 5.92 Å². The minimum atomic E-state index is 0.727. The Bertz CT molecular complexity index is 128. The molecule has 0 radical (unpaired) electrons. The molecule has 0 unspecified atom stereocenters. The molecule has 0 amide bonds. The molecule has 2 nitrogen and oxygen atoms in total. The summed E-state index contributed by atoms with van der Waals surface area (Å²) in [6.07, 6.45) is 4.46. The Morgan fingerprint density at radius 2 is 2.08 bits per heavy atom. The Hall–Kier alpha value is -0.530. The summed E-state index contributed by atoms with van der Waals surface area (Å²) in [6, 6.07) is 0. The molecule has 0 saturated heterocycles. The lowest BCUT2D eigenvalue weighted by Crippen LogP contribution is -2.13. The van der Waals surface area contributed by atoms with Crippen LogP contribution in [0.25, 0.3) is 0 Å². The average molecular weight is 170 g/mol. The van der Waals surface area contributed by atoms with Gasteiger partial charge in [-0.25, -0.2) is 0 Å². The van der Waals surface area contributed by atoms with Gasteiger partial charge in [0.1, 0.15) is 0 Å². The molecule has 0 aliphatic carbocycles. The highest BCUT2D eigenvalue weighted by Gasteiger charge is 1.96. The van der Waals surface area contributed by atoms with Gasteiger partial charge in [0.2, 0.25) is 0 Å². The Morgan fingerprint density at radius 1 is 1.42 bits per heavy atom. The quantitative estimate of drug-likeness (QED) is 0.371. The first-order valence-electron chi connectivity index (χ1n) is 4.95. The van der Waals surface area contributed by atoms with Crippen LogP contribution in [-0.4, -0.2) is 12.4 Å². The average Bonchev–Trinajstić information content (AvgIpc) is 2.01. The molecule has 0 saturated carbocycles. The van der Waals surface area contributed by atoms with Crippen LogP contribution < -0.4 is 5.73 Å². The van der Waals surface area contributed by atoms with Crippen LogP contribution in [0.5, 0.6) is 0 Å². The summed E-state index contributed by atoms with van der Waals surface area (Å²) in [4.78, 5) is 4.28. The molecule has 2 heteroatoms. The van der Waals surface area contributed by atoms with Crippen LogP contribution >= 0.6 is 0 Å². The predicted molar refractivity (Wildman–Crippen MR) is 55.5 cm³/mol. The number of nitrogens with two attached hydrogens (primary N) is 1. The molecule has 0 heterocycles. The minimum absolute atomic E-state index is 0.727. The third-order valence-electron chi connectivity index (χ3n) is 1.80. The largest absolute Gasteiger partial charge is 0.387 e. The van der Waals surface area contributed by atoms with Crippen molar-refractivity contribution in [1.82, 2.24) is 0 Å². The van der Waals surface area contributed by atoms with E-state index >= 15 is 0 Å². The van der Waals surface area contributed by atoms with Crippen molar-refractivity contribution >= 4 is 5.84 Å². The first kappa shape index (κ1) is 11.5. The number of aliphatic imine (C=N–C) groups is 1. The summed E-state index contributed by atoms with van der Waals surface area (Å²) in [6.45, 7) is 7.49. The first-order valence-corrected chi connectivity index (χ1v) is 4.95. The predicted octanol–water partition coefficient (Wildman–Crippen LogP) is 2.58. The van der Waals surface area contributed by atoms with Crippen molar-refractivity contribution in [1.29, 1.82) is 0 Å². The van der Waals surface area contributed by atoms with Crippen molar-refractivity contribution in [3.05, 3.63) is 0 Å². The van der Waals surface area contributed by atoms with Gasteiger partial charge in [-0.1, -0.05) is 27.2 Å². The topological polar surface area (TPSA) is 38.4 Å². The number of amidine groups is 1. The maximum atomic E-state index is 5.71. The molecule has 0 aliphatic rings. The van der Waals surface area contributed by atoms with E-state index in [2.05, 4.69) is 25.8 Å². The summed E-state index contributed by atoms with van der Waals surface area (Å²) in [5, 5.41) is 0. The molecular weight excluding hydrogens is 148 g/mol. The van der Waals surface area contributed by atoms with E-state index in [9.17, 15) is 0 Å². The van der Waals surface area contributed by atoms with Crippen molar-refractivity contribution < 1.29 is 0 Å². The Morgan fingerprint density at radius 3 is 2.58 bits per heavy atom. The Labute approximate surface area is 76.3 Å². The molecule has 0 fully saturated rings. The van der Waals surface area contributed by atoms with E-state index in [-0.39, 0.29) is 0 Å². The van der Waals surface area contributed by atoms with E-state index in [0.717, 1.165) is 37.6 Å². The third-order valence-corrected chi connectivity index (χ3v) is 1.80.